The third-order valence-electron chi connectivity index (χ3n) is 2.98. The Morgan fingerprint density at radius 2 is 1.54 bits per heavy atom. The minimum atomic E-state index is -2.56. The van der Waals surface area contributed by atoms with Crippen molar-refractivity contribution in [1.82, 2.24) is 4.57 Å². The van der Waals surface area contributed by atoms with Crippen LogP contribution in [-0.4, -0.2) is 29.5 Å². The molecule has 1 fully saturated rings. The smallest absolute Gasteiger partial charge is 0.525 e. The predicted octanol–water partition coefficient (Wildman–Crippen LogP) is 1.44. The van der Waals surface area contributed by atoms with Gasteiger partial charge in [0.2, 0.25) is 0 Å². The average molecular weight is 201 g/mol. The van der Waals surface area contributed by atoms with Crippen molar-refractivity contribution >= 4 is 9.09 Å². The lowest BCUT2D eigenvalue weighted by Crippen LogP contribution is -2.61. The molecule has 0 saturated carbocycles. The van der Waals surface area contributed by atoms with Crippen molar-refractivity contribution in [2.45, 2.75) is 58.0 Å². The summed E-state index contributed by atoms with van der Waals surface area (Å²) >= 11 is 0. The topological polar surface area (TPSA) is 40.5 Å². The van der Waals surface area contributed by atoms with Crippen molar-refractivity contribution < 1.29 is 9.26 Å². The zero-order chi connectivity index (χ0) is 10.3. The molecule has 0 aliphatic carbocycles. The molecule has 1 aliphatic heterocycles. The molecule has 1 N–H and O–H groups in total. The van der Waals surface area contributed by atoms with Crippen LogP contribution in [0.4, 0.5) is 0 Å². The van der Waals surface area contributed by atoms with E-state index < -0.39 is 9.09 Å². The van der Waals surface area contributed by atoms with Crippen LogP contribution in [0.25, 0.3) is 0 Å². The molecule has 0 atom stereocenters. The second kappa shape index (κ2) is 3.08. The number of rotatable bonds is 1. The van der Waals surface area contributed by atoms with E-state index in [0.29, 0.717) is 0 Å². The molecule has 13 heavy (non-hydrogen) atoms. The second-order valence-corrected chi connectivity index (χ2v) is 6.11. The first-order chi connectivity index (χ1) is 5.77. The largest absolute Gasteiger partial charge is 0.636 e. The molecule has 0 amide bonds. The first-order valence-electron chi connectivity index (χ1n) is 4.81. The van der Waals surface area contributed by atoms with Crippen LogP contribution in [0.15, 0.2) is 0 Å². The molecular formula is C9H19NO2Si. The molecule has 3 nitrogen and oxygen atoms in total. The van der Waals surface area contributed by atoms with Gasteiger partial charge in [0, 0.05) is 11.1 Å². The fourth-order valence-corrected chi connectivity index (χ4v) is 3.77. The monoisotopic (exact) mass is 201 g/mol. The number of hydrogen-bond donors (Lipinski definition) is 1. The number of piperidine rings is 1. The van der Waals surface area contributed by atoms with Gasteiger partial charge in [0.25, 0.3) is 0 Å². The summed E-state index contributed by atoms with van der Waals surface area (Å²) < 4.78 is 13.1. The van der Waals surface area contributed by atoms with E-state index in [9.17, 15) is 9.26 Å². The molecule has 0 spiro atoms. The molecule has 1 rings (SSSR count). The van der Waals surface area contributed by atoms with Gasteiger partial charge in [-0.1, -0.05) is 0 Å². The summed E-state index contributed by atoms with van der Waals surface area (Å²) in [4.78, 5) is 9.32. The van der Waals surface area contributed by atoms with Crippen molar-refractivity contribution in [1.29, 1.82) is 0 Å². The molecule has 0 aromatic heterocycles. The number of nitrogens with zero attached hydrogens (tertiary/aromatic N) is 1. The quantitative estimate of drug-likeness (QED) is 0.653. The fourth-order valence-electron chi connectivity index (χ4n) is 2.51. The average Bonchev–Trinajstić information content (AvgIpc) is 1.79. The molecular weight excluding hydrogens is 182 g/mol. The number of hydrogen-bond acceptors (Lipinski definition) is 1. The molecule has 1 aliphatic rings. The van der Waals surface area contributed by atoms with Crippen LogP contribution in [-0.2, 0) is 4.46 Å². The molecule has 76 valence electrons. The van der Waals surface area contributed by atoms with Crippen molar-refractivity contribution in [2.24, 2.45) is 0 Å². The lowest BCUT2D eigenvalue weighted by molar-refractivity contribution is 0.0292. The molecule has 0 radical (unpaired) electrons. The Balaban J connectivity index is 2.98. The minimum Gasteiger partial charge on any atom is -0.525 e. The Kier molecular flexibility index (Phi) is 2.53. The lowest BCUT2D eigenvalue weighted by atomic mass is 9.83. The SMILES string of the molecule is CC1(C)CCCC(C)(C)N1[Si](=O)O. The van der Waals surface area contributed by atoms with Gasteiger partial charge in [0.1, 0.15) is 0 Å². The Morgan fingerprint density at radius 3 is 1.77 bits per heavy atom. The van der Waals surface area contributed by atoms with Gasteiger partial charge >= 0.3 is 9.09 Å². The van der Waals surface area contributed by atoms with Gasteiger partial charge in [-0.25, -0.2) is 0 Å². The maximum absolute atomic E-state index is 11.3. The Hall–Kier alpha value is -0.383. The van der Waals surface area contributed by atoms with E-state index in [1.807, 2.05) is 27.7 Å². The van der Waals surface area contributed by atoms with Crippen molar-refractivity contribution in [2.75, 3.05) is 0 Å². The molecule has 1 saturated heterocycles. The third-order valence-corrected chi connectivity index (χ3v) is 4.57. The van der Waals surface area contributed by atoms with E-state index in [1.165, 1.54) is 0 Å². The highest BCUT2D eigenvalue weighted by atomic mass is 28.3. The van der Waals surface area contributed by atoms with Crippen LogP contribution in [0, 0.1) is 0 Å². The van der Waals surface area contributed by atoms with E-state index in [4.69, 9.17) is 0 Å². The summed E-state index contributed by atoms with van der Waals surface area (Å²) in [5.74, 6) is 0. The second-order valence-electron chi connectivity index (χ2n) is 5.10. The molecule has 0 bridgehead atoms. The normalized spacial score (nSPS) is 25.7. The summed E-state index contributed by atoms with van der Waals surface area (Å²) in [5, 5.41) is 0. The van der Waals surface area contributed by atoms with E-state index in [2.05, 4.69) is 0 Å². The summed E-state index contributed by atoms with van der Waals surface area (Å²) in [5.41, 5.74) is -0.265. The van der Waals surface area contributed by atoms with Crippen LogP contribution >= 0.6 is 0 Å². The van der Waals surface area contributed by atoms with Crippen LogP contribution in [0.2, 0.25) is 0 Å². The zero-order valence-corrected chi connectivity index (χ0v) is 9.92. The van der Waals surface area contributed by atoms with Gasteiger partial charge in [-0.05, 0) is 47.0 Å². The first kappa shape index (κ1) is 10.7. The van der Waals surface area contributed by atoms with Crippen molar-refractivity contribution in [3.63, 3.8) is 0 Å². The Morgan fingerprint density at radius 1 is 1.15 bits per heavy atom. The predicted molar refractivity (Wildman–Crippen MR) is 52.5 cm³/mol. The third kappa shape index (κ3) is 1.93. The van der Waals surface area contributed by atoms with Crippen molar-refractivity contribution in [3.05, 3.63) is 0 Å². The van der Waals surface area contributed by atoms with Gasteiger partial charge in [-0.15, -0.1) is 0 Å². The minimum absolute atomic E-state index is 0.132. The summed E-state index contributed by atoms with van der Waals surface area (Å²) in [6, 6.07) is 0. The van der Waals surface area contributed by atoms with Crippen LogP contribution < -0.4 is 0 Å². The fraction of sp³-hybridized carbons (Fsp3) is 1.00. The maximum atomic E-state index is 11.3. The van der Waals surface area contributed by atoms with E-state index >= 15 is 0 Å². The highest BCUT2D eigenvalue weighted by Crippen LogP contribution is 2.37. The zero-order valence-electron chi connectivity index (χ0n) is 8.92. The van der Waals surface area contributed by atoms with Gasteiger partial charge in [-0.2, -0.15) is 0 Å². The van der Waals surface area contributed by atoms with Crippen LogP contribution in [0.5, 0.6) is 0 Å². The van der Waals surface area contributed by atoms with Gasteiger partial charge in [-0.3, -0.25) is 0 Å². The molecule has 0 aromatic rings. The maximum Gasteiger partial charge on any atom is 0.636 e. The van der Waals surface area contributed by atoms with E-state index in [0.717, 1.165) is 19.3 Å². The van der Waals surface area contributed by atoms with Gasteiger partial charge in [0.15, 0.2) is 0 Å². The Bertz CT molecular complexity index is 210. The van der Waals surface area contributed by atoms with Gasteiger partial charge < -0.3 is 13.8 Å². The van der Waals surface area contributed by atoms with E-state index in [-0.39, 0.29) is 11.1 Å². The standard InChI is InChI=1S/C9H19NO2Si/c1-8(2)6-5-7-9(3,4)10(8)13(11)12/h11H,5-7H2,1-4H3. The molecule has 0 unspecified atom stereocenters. The van der Waals surface area contributed by atoms with Crippen LogP contribution in [0.1, 0.15) is 47.0 Å². The van der Waals surface area contributed by atoms with Crippen molar-refractivity contribution in [3.8, 4) is 0 Å². The van der Waals surface area contributed by atoms with Gasteiger partial charge in [0.05, 0.1) is 0 Å². The highest BCUT2D eigenvalue weighted by Gasteiger charge is 2.45. The summed E-state index contributed by atoms with van der Waals surface area (Å²) in [6.07, 6.45) is 3.16. The van der Waals surface area contributed by atoms with Crippen LogP contribution in [0.3, 0.4) is 0 Å². The molecule has 0 aromatic carbocycles. The lowest BCUT2D eigenvalue weighted by Gasteiger charge is -2.51. The summed E-state index contributed by atoms with van der Waals surface area (Å²) in [6.45, 7) is 8.19. The molecule has 1 heterocycles. The summed E-state index contributed by atoms with van der Waals surface area (Å²) in [7, 11) is -2.56. The first-order valence-corrected chi connectivity index (χ1v) is 6.11. The molecule has 4 heteroatoms. The highest BCUT2D eigenvalue weighted by molar-refractivity contribution is 6.30. The van der Waals surface area contributed by atoms with E-state index in [1.54, 1.807) is 4.57 Å². The Labute approximate surface area is 81.6 Å².